The maximum absolute atomic E-state index is 12.7. The van der Waals surface area contributed by atoms with E-state index in [-0.39, 0.29) is 61.2 Å². The lowest BCUT2D eigenvalue weighted by Gasteiger charge is -2.33. The van der Waals surface area contributed by atoms with E-state index in [1.165, 1.54) is 6.07 Å². The Hall–Kier alpha value is -4.97. The molecule has 2 aromatic rings. The third-order valence-electron chi connectivity index (χ3n) is 10.4. The fourth-order valence-electron chi connectivity index (χ4n) is 6.84. The van der Waals surface area contributed by atoms with Gasteiger partial charge in [0, 0.05) is 37.3 Å². The summed E-state index contributed by atoms with van der Waals surface area (Å²) in [5, 5.41) is 15.4. The number of nitrogens with one attached hydrogen (secondary N) is 3. The van der Waals surface area contributed by atoms with Crippen LogP contribution in [0.2, 0.25) is 0 Å². The quantitative estimate of drug-likeness (QED) is 0.221. The number of ether oxygens (including phenoxy) is 1. The number of aliphatic hydroxyl groups excluding tert-OH is 1. The highest BCUT2D eigenvalue weighted by molar-refractivity contribution is 5.95. The minimum atomic E-state index is -5.84. The summed E-state index contributed by atoms with van der Waals surface area (Å²) in [5.74, 6) is -4.85. The molecule has 0 bridgehead atoms. The molecule has 4 aliphatic rings. The normalized spacial score (nSPS) is 20.7. The number of carbonyl (C=O) groups excluding carboxylic acids is 3. The lowest BCUT2D eigenvalue weighted by molar-refractivity contribution is -0.309. The van der Waals surface area contributed by atoms with Crippen molar-refractivity contribution < 1.29 is 103 Å². The highest BCUT2D eigenvalue weighted by atomic mass is 19.4. The molecular formula is C33H32F18N8O5. The first-order chi connectivity index (χ1) is 29.1. The highest BCUT2D eigenvalue weighted by Crippen LogP contribution is 2.60. The molecule has 2 saturated carbocycles. The van der Waals surface area contributed by atoms with Crippen molar-refractivity contribution in [3.8, 4) is 0 Å². The summed E-state index contributed by atoms with van der Waals surface area (Å²) in [4.78, 5) is 49.8. The number of aromatic nitrogens is 4. The van der Waals surface area contributed by atoms with Gasteiger partial charge in [0.15, 0.2) is 0 Å². The average Bonchev–Trinajstić information content (AvgIpc) is 4.07. The Balaban J connectivity index is 0.000000245. The number of carbonyl (C=O) groups is 3. The van der Waals surface area contributed by atoms with Crippen LogP contribution in [0.3, 0.4) is 0 Å². The molecular weight excluding hydrogens is 930 g/mol. The monoisotopic (exact) mass is 962 g/mol. The van der Waals surface area contributed by atoms with Crippen molar-refractivity contribution in [3.63, 3.8) is 0 Å². The van der Waals surface area contributed by atoms with Gasteiger partial charge in [-0.25, -0.2) is 24.7 Å². The first kappa shape index (κ1) is 51.7. The van der Waals surface area contributed by atoms with Crippen LogP contribution in [0.15, 0.2) is 24.5 Å². The smallest absolute Gasteiger partial charge is 0.426 e. The van der Waals surface area contributed by atoms with Crippen molar-refractivity contribution in [1.82, 2.24) is 30.2 Å². The Kier molecular flexibility index (Phi) is 14.9. The number of piperidine rings is 2. The fraction of sp³-hybridized carbons (Fsp3) is 0.667. The maximum Gasteiger partial charge on any atom is 0.451 e. The molecule has 3 amide bonds. The number of anilines is 2. The Bertz CT molecular complexity index is 1930. The van der Waals surface area contributed by atoms with Gasteiger partial charge in [0.05, 0.1) is 0 Å². The van der Waals surface area contributed by atoms with Gasteiger partial charge < -0.3 is 30.7 Å². The van der Waals surface area contributed by atoms with Crippen LogP contribution in [0.5, 0.6) is 0 Å². The first-order valence-corrected chi connectivity index (χ1v) is 18.1. The Morgan fingerprint density at radius 1 is 0.641 bits per heavy atom. The lowest BCUT2D eigenvalue weighted by Crippen LogP contribution is -2.49. The molecule has 0 aromatic carbocycles. The van der Waals surface area contributed by atoms with Gasteiger partial charge in [-0.15, -0.1) is 0 Å². The number of alkyl halides is 18. The summed E-state index contributed by atoms with van der Waals surface area (Å²) in [7, 11) is 0. The van der Waals surface area contributed by atoms with Gasteiger partial charge in [-0.2, -0.15) is 79.0 Å². The molecule has 2 aliphatic carbocycles. The molecule has 4 heterocycles. The van der Waals surface area contributed by atoms with Gasteiger partial charge in [-0.05, 0) is 74.6 Å². The minimum Gasteiger partial charge on any atom is -0.426 e. The maximum atomic E-state index is 12.7. The first-order valence-electron chi connectivity index (χ1n) is 18.1. The largest absolute Gasteiger partial charge is 0.451 e. The summed E-state index contributed by atoms with van der Waals surface area (Å²) in [5.41, 5.74) is -0.635. The summed E-state index contributed by atoms with van der Waals surface area (Å²) in [6.45, 7) is 1.26. The standard InChI is InChI=1S/C17H15F9N4O3.C13H15F3N4O.C3H2F6O/c18-15(19,20)11(16(21,22)23)33-13(32)30-5-2-14(3-6-30)7-8(14)10(31)28-9-1-4-27-12(29-9)17(24,25)26;14-13(15,16)11-18-4-1-9(20-11)19-10(21)8-7-12(8)2-5-17-6-3-12;4-2(5,6)1(10)3(7,8)9/h1,4,8,11H,2-3,5-7H2,(H,27,28,29,31);1,4,8,17H,2-3,5-7H2,(H,18,19,20,21);1,10H. The van der Waals surface area contributed by atoms with E-state index < -0.39 is 84.2 Å². The molecule has 64 heavy (non-hydrogen) atoms. The Morgan fingerprint density at radius 2 is 1.02 bits per heavy atom. The number of rotatable bonds is 5. The molecule has 2 unspecified atom stereocenters. The number of halogens is 18. The second kappa shape index (κ2) is 18.5. The predicted octanol–water partition coefficient (Wildman–Crippen LogP) is 7.46. The van der Waals surface area contributed by atoms with Crippen LogP contribution in [0.25, 0.3) is 0 Å². The second-order valence-corrected chi connectivity index (χ2v) is 14.8. The Morgan fingerprint density at radius 3 is 1.34 bits per heavy atom. The third kappa shape index (κ3) is 13.5. The van der Waals surface area contributed by atoms with Crippen molar-refractivity contribution >= 4 is 29.5 Å². The molecule has 360 valence electrons. The Labute approximate surface area is 346 Å². The zero-order chi connectivity index (χ0) is 48.5. The van der Waals surface area contributed by atoms with Crippen molar-refractivity contribution in [2.45, 2.75) is 87.8 Å². The van der Waals surface area contributed by atoms with Gasteiger partial charge in [-0.1, -0.05) is 0 Å². The third-order valence-corrected chi connectivity index (χ3v) is 10.4. The van der Waals surface area contributed by atoms with E-state index in [9.17, 15) is 93.4 Å². The van der Waals surface area contributed by atoms with Gasteiger partial charge >= 0.3 is 43.2 Å². The number of aliphatic hydroxyl groups is 1. The molecule has 2 atom stereocenters. The number of hydrogen-bond donors (Lipinski definition) is 4. The van der Waals surface area contributed by atoms with E-state index in [2.05, 4.69) is 40.6 Å². The number of amides is 3. The van der Waals surface area contributed by atoms with Gasteiger partial charge in [-0.3, -0.25) is 9.59 Å². The fourth-order valence-corrected chi connectivity index (χ4v) is 6.84. The molecule has 2 spiro atoms. The van der Waals surface area contributed by atoms with Gasteiger partial charge in [0.2, 0.25) is 29.6 Å². The van der Waals surface area contributed by atoms with E-state index in [1.807, 2.05) is 0 Å². The highest BCUT2D eigenvalue weighted by Gasteiger charge is 2.62. The van der Waals surface area contributed by atoms with Gasteiger partial charge in [0.25, 0.3) is 6.10 Å². The topological polar surface area (TPSA) is 172 Å². The van der Waals surface area contributed by atoms with Crippen molar-refractivity contribution in [3.05, 3.63) is 36.2 Å². The number of likely N-dealkylation sites (tertiary alicyclic amines) is 1. The van der Waals surface area contributed by atoms with Crippen LogP contribution >= 0.6 is 0 Å². The minimum absolute atomic E-state index is 0.0369. The molecule has 4 fully saturated rings. The molecule has 4 N–H and O–H groups in total. The molecule has 2 aromatic heterocycles. The van der Waals surface area contributed by atoms with E-state index in [4.69, 9.17) is 5.11 Å². The van der Waals surface area contributed by atoms with Crippen LogP contribution in [0.1, 0.15) is 50.2 Å². The van der Waals surface area contributed by atoms with Crippen molar-refractivity contribution in [1.29, 1.82) is 0 Å². The van der Waals surface area contributed by atoms with Gasteiger partial charge in [0.1, 0.15) is 11.6 Å². The van der Waals surface area contributed by atoms with Crippen molar-refractivity contribution in [2.75, 3.05) is 36.8 Å². The zero-order valence-corrected chi connectivity index (χ0v) is 31.8. The van der Waals surface area contributed by atoms with Crippen LogP contribution in [-0.4, -0.2) is 111 Å². The summed E-state index contributed by atoms with van der Waals surface area (Å²) in [6, 6.07) is 2.32. The lowest BCUT2D eigenvalue weighted by atomic mass is 9.91. The van der Waals surface area contributed by atoms with Crippen LogP contribution < -0.4 is 16.0 Å². The van der Waals surface area contributed by atoms with E-state index in [0.717, 1.165) is 50.8 Å². The summed E-state index contributed by atoms with van der Waals surface area (Å²) in [6.07, 6.45) is -37.7. The molecule has 2 saturated heterocycles. The molecule has 2 aliphatic heterocycles. The molecule has 0 radical (unpaired) electrons. The number of nitrogens with zero attached hydrogens (tertiary/aromatic N) is 5. The summed E-state index contributed by atoms with van der Waals surface area (Å²) < 4.78 is 220. The predicted molar refractivity (Wildman–Crippen MR) is 176 cm³/mol. The SMILES string of the molecule is O=C(Nc1ccnc(C(F)(F)F)n1)C1CC12CCN(C(=O)OC(C(F)(F)F)C(F)(F)F)CC2.O=C(Nc1ccnc(C(F)(F)F)n1)C1CC12CCNCC2.OC(C(F)(F)F)C(F)(F)F. The number of hydrogen-bond acceptors (Lipinski definition) is 10. The van der Waals surface area contributed by atoms with E-state index in [1.54, 1.807) is 0 Å². The summed E-state index contributed by atoms with van der Waals surface area (Å²) >= 11 is 0. The zero-order valence-electron chi connectivity index (χ0n) is 31.8. The van der Waals surface area contributed by atoms with E-state index >= 15 is 0 Å². The van der Waals surface area contributed by atoms with E-state index in [0.29, 0.717) is 4.90 Å². The molecule has 6 rings (SSSR count). The average molecular weight is 963 g/mol. The molecule has 31 heteroatoms. The van der Waals surface area contributed by atoms with Crippen LogP contribution in [0, 0.1) is 22.7 Å². The molecule has 13 nitrogen and oxygen atoms in total. The van der Waals surface area contributed by atoms with Crippen LogP contribution in [-0.2, 0) is 26.7 Å². The van der Waals surface area contributed by atoms with Crippen molar-refractivity contribution in [2.24, 2.45) is 22.7 Å². The second-order valence-electron chi connectivity index (χ2n) is 14.8. The van der Waals surface area contributed by atoms with Crippen LogP contribution in [0.4, 0.5) is 95.5 Å².